The highest BCUT2D eigenvalue weighted by molar-refractivity contribution is 4.97. The molecule has 0 aromatic heterocycles. The van der Waals surface area contributed by atoms with Gasteiger partial charge < -0.3 is 10.6 Å². The zero-order valence-electron chi connectivity index (χ0n) is 9.66. The Morgan fingerprint density at radius 3 is 2.71 bits per heavy atom. The van der Waals surface area contributed by atoms with Gasteiger partial charge >= 0.3 is 0 Å². The molecule has 0 aromatic carbocycles. The van der Waals surface area contributed by atoms with Crippen molar-refractivity contribution in [2.75, 3.05) is 33.7 Å². The molecule has 1 fully saturated rings. The van der Waals surface area contributed by atoms with E-state index in [0.717, 1.165) is 26.1 Å². The van der Waals surface area contributed by atoms with Crippen LogP contribution in [0.3, 0.4) is 0 Å². The van der Waals surface area contributed by atoms with Crippen LogP contribution in [0, 0.1) is 0 Å². The average Bonchev–Trinajstić information content (AvgIpc) is 2.08. The molecule has 2 atom stereocenters. The van der Waals surface area contributed by atoms with Crippen molar-refractivity contribution in [2.45, 2.75) is 25.4 Å². The topological polar surface area (TPSA) is 32.5 Å². The molecule has 2 unspecified atom stereocenters. The molecule has 0 aliphatic carbocycles. The first kappa shape index (κ1) is 11.7. The quantitative estimate of drug-likeness (QED) is 0.670. The molecule has 1 aliphatic rings. The lowest BCUT2D eigenvalue weighted by Crippen LogP contribution is -2.57. The molecule has 1 heterocycles. The second-order valence-electron chi connectivity index (χ2n) is 4.64. The number of piperazine rings is 1. The Balaban J connectivity index is 2.51. The third-order valence-corrected chi connectivity index (χ3v) is 2.98. The van der Waals surface area contributed by atoms with Crippen LogP contribution in [0.2, 0.25) is 0 Å². The van der Waals surface area contributed by atoms with E-state index in [1.54, 1.807) is 0 Å². The van der Waals surface area contributed by atoms with E-state index in [4.69, 9.17) is 5.73 Å². The highest BCUT2D eigenvalue weighted by atomic mass is 15.3. The summed E-state index contributed by atoms with van der Waals surface area (Å²) in [7, 11) is 4.32. The number of likely N-dealkylation sites (N-methyl/N-ethyl adjacent to an activating group) is 2. The number of nitrogens with two attached hydrogens (primary N) is 1. The fourth-order valence-corrected chi connectivity index (χ4v) is 2.04. The van der Waals surface area contributed by atoms with Gasteiger partial charge in [-0.3, -0.25) is 4.90 Å². The lowest BCUT2D eigenvalue weighted by Gasteiger charge is -2.40. The van der Waals surface area contributed by atoms with Crippen molar-refractivity contribution in [3.8, 4) is 0 Å². The van der Waals surface area contributed by atoms with Crippen LogP contribution in [0.1, 0.15) is 13.3 Å². The lowest BCUT2D eigenvalue weighted by molar-refractivity contribution is 0.0974. The molecule has 1 rings (SSSR count). The maximum atomic E-state index is 6.17. The lowest BCUT2D eigenvalue weighted by atomic mass is 9.99. The minimum Gasteiger partial charge on any atom is -0.326 e. The summed E-state index contributed by atoms with van der Waals surface area (Å²) in [5, 5.41) is 0. The van der Waals surface area contributed by atoms with Gasteiger partial charge in [0.25, 0.3) is 0 Å². The fraction of sp³-hybridized carbons (Fsp3) is 0.818. The zero-order chi connectivity index (χ0) is 10.7. The van der Waals surface area contributed by atoms with Gasteiger partial charge in [0.05, 0.1) is 0 Å². The van der Waals surface area contributed by atoms with Gasteiger partial charge in [0, 0.05) is 31.7 Å². The van der Waals surface area contributed by atoms with Gasteiger partial charge in [-0.1, -0.05) is 5.57 Å². The summed E-state index contributed by atoms with van der Waals surface area (Å²) in [6.07, 6.45) is 0.933. The van der Waals surface area contributed by atoms with Crippen molar-refractivity contribution in [3.05, 3.63) is 12.2 Å². The summed E-state index contributed by atoms with van der Waals surface area (Å²) in [5.74, 6) is 0. The molecule has 82 valence electrons. The second-order valence-corrected chi connectivity index (χ2v) is 4.64. The van der Waals surface area contributed by atoms with Crippen molar-refractivity contribution in [1.29, 1.82) is 0 Å². The zero-order valence-corrected chi connectivity index (χ0v) is 9.66. The van der Waals surface area contributed by atoms with Crippen LogP contribution >= 0.6 is 0 Å². The maximum absolute atomic E-state index is 6.17. The van der Waals surface area contributed by atoms with E-state index in [1.807, 2.05) is 6.92 Å². The van der Waals surface area contributed by atoms with Gasteiger partial charge in [0.1, 0.15) is 0 Å². The molecule has 1 aliphatic heterocycles. The van der Waals surface area contributed by atoms with Crippen LogP contribution in [0.25, 0.3) is 0 Å². The SMILES string of the molecule is C=C(C)CC(N)C1CN(C)CCN1C. The highest BCUT2D eigenvalue weighted by Crippen LogP contribution is 2.13. The summed E-state index contributed by atoms with van der Waals surface area (Å²) in [5.41, 5.74) is 7.35. The number of nitrogens with zero attached hydrogens (tertiary/aromatic N) is 2. The Morgan fingerprint density at radius 2 is 2.14 bits per heavy atom. The summed E-state index contributed by atoms with van der Waals surface area (Å²) >= 11 is 0. The average molecular weight is 197 g/mol. The van der Waals surface area contributed by atoms with Crippen LogP contribution < -0.4 is 5.73 Å². The monoisotopic (exact) mass is 197 g/mol. The molecule has 2 N–H and O–H groups in total. The van der Waals surface area contributed by atoms with E-state index in [1.165, 1.54) is 5.57 Å². The van der Waals surface area contributed by atoms with Gasteiger partial charge in [-0.2, -0.15) is 0 Å². The number of rotatable bonds is 3. The Kier molecular flexibility index (Phi) is 4.11. The molecule has 14 heavy (non-hydrogen) atoms. The van der Waals surface area contributed by atoms with Crippen molar-refractivity contribution in [3.63, 3.8) is 0 Å². The largest absolute Gasteiger partial charge is 0.326 e. The van der Waals surface area contributed by atoms with Crippen molar-refractivity contribution < 1.29 is 0 Å². The molecular weight excluding hydrogens is 174 g/mol. The molecule has 0 bridgehead atoms. The summed E-state index contributed by atoms with van der Waals surface area (Å²) in [6, 6.07) is 0.700. The van der Waals surface area contributed by atoms with Crippen LogP contribution in [-0.4, -0.2) is 55.6 Å². The van der Waals surface area contributed by atoms with Gasteiger partial charge in [-0.05, 0) is 27.4 Å². The molecular formula is C11H23N3. The van der Waals surface area contributed by atoms with Crippen LogP contribution in [0.4, 0.5) is 0 Å². The predicted octanol–water partition coefficient (Wildman–Crippen LogP) is 0.526. The first-order valence-corrected chi connectivity index (χ1v) is 5.29. The Bertz CT molecular complexity index is 203. The molecule has 1 saturated heterocycles. The van der Waals surface area contributed by atoms with Crippen molar-refractivity contribution in [1.82, 2.24) is 9.80 Å². The summed E-state index contributed by atoms with van der Waals surface area (Å²) in [6.45, 7) is 9.31. The first-order valence-electron chi connectivity index (χ1n) is 5.29. The molecule has 0 aromatic rings. The summed E-state index contributed by atoms with van der Waals surface area (Å²) < 4.78 is 0. The van der Waals surface area contributed by atoms with E-state index >= 15 is 0 Å². The minimum atomic E-state index is 0.222. The normalized spacial score (nSPS) is 27.6. The van der Waals surface area contributed by atoms with E-state index < -0.39 is 0 Å². The Hall–Kier alpha value is -0.380. The van der Waals surface area contributed by atoms with Gasteiger partial charge in [0.2, 0.25) is 0 Å². The maximum Gasteiger partial charge on any atom is 0.0374 e. The fourth-order valence-electron chi connectivity index (χ4n) is 2.04. The smallest absolute Gasteiger partial charge is 0.0374 e. The third-order valence-electron chi connectivity index (χ3n) is 2.98. The summed E-state index contributed by atoms with van der Waals surface area (Å²) in [4.78, 5) is 4.72. The van der Waals surface area contributed by atoms with E-state index in [2.05, 4.69) is 30.5 Å². The van der Waals surface area contributed by atoms with Crippen LogP contribution in [0.5, 0.6) is 0 Å². The van der Waals surface area contributed by atoms with Crippen molar-refractivity contribution >= 4 is 0 Å². The number of hydrogen-bond donors (Lipinski definition) is 1. The minimum absolute atomic E-state index is 0.222. The molecule has 0 amide bonds. The standard InChI is InChI=1S/C11H23N3/c1-9(2)7-10(12)11-8-13(3)5-6-14(11)4/h10-11H,1,5-8,12H2,2-4H3. The predicted molar refractivity (Wildman–Crippen MR) is 61.3 cm³/mol. The first-order chi connectivity index (χ1) is 6.50. The molecule has 0 saturated carbocycles. The van der Waals surface area contributed by atoms with Crippen LogP contribution in [-0.2, 0) is 0 Å². The van der Waals surface area contributed by atoms with E-state index in [9.17, 15) is 0 Å². The third kappa shape index (κ3) is 3.08. The Labute approximate surface area is 87.6 Å². The molecule has 0 radical (unpaired) electrons. The van der Waals surface area contributed by atoms with Gasteiger partial charge in [-0.15, -0.1) is 6.58 Å². The highest BCUT2D eigenvalue weighted by Gasteiger charge is 2.27. The van der Waals surface area contributed by atoms with Gasteiger partial charge in [0.15, 0.2) is 0 Å². The van der Waals surface area contributed by atoms with Crippen LogP contribution in [0.15, 0.2) is 12.2 Å². The van der Waals surface area contributed by atoms with Crippen molar-refractivity contribution in [2.24, 2.45) is 5.73 Å². The molecule has 0 spiro atoms. The second kappa shape index (κ2) is 4.91. The molecule has 3 heteroatoms. The Morgan fingerprint density at radius 1 is 1.50 bits per heavy atom. The molecule has 3 nitrogen and oxygen atoms in total. The number of hydrogen-bond acceptors (Lipinski definition) is 3. The van der Waals surface area contributed by atoms with E-state index in [-0.39, 0.29) is 6.04 Å². The van der Waals surface area contributed by atoms with E-state index in [0.29, 0.717) is 6.04 Å². The van der Waals surface area contributed by atoms with Gasteiger partial charge in [-0.25, -0.2) is 0 Å².